The molecule has 3 heterocycles. The van der Waals surface area contributed by atoms with Gasteiger partial charge in [-0.1, -0.05) is 17.1 Å². The maximum absolute atomic E-state index is 12.8. The van der Waals surface area contributed by atoms with Crippen molar-refractivity contribution in [3.63, 3.8) is 0 Å². The summed E-state index contributed by atoms with van der Waals surface area (Å²) in [6.45, 7) is 1.94. The van der Waals surface area contributed by atoms with Crippen molar-refractivity contribution in [3.8, 4) is 0 Å². The van der Waals surface area contributed by atoms with Gasteiger partial charge in [-0.15, -0.1) is 0 Å². The number of aliphatic hydroxyl groups is 1. The lowest BCUT2D eigenvalue weighted by atomic mass is 9.92. The maximum Gasteiger partial charge on any atom is 0.261 e. The van der Waals surface area contributed by atoms with Crippen LogP contribution in [0.2, 0.25) is 5.02 Å². The van der Waals surface area contributed by atoms with Gasteiger partial charge in [0.15, 0.2) is 0 Å². The van der Waals surface area contributed by atoms with Crippen molar-refractivity contribution in [1.29, 1.82) is 0 Å². The number of rotatable bonds is 4. The summed E-state index contributed by atoms with van der Waals surface area (Å²) in [6, 6.07) is 3.53. The van der Waals surface area contributed by atoms with Crippen LogP contribution in [-0.4, -0.2) is 53.4 Å². The van der Waals surface area contributed by atoms with E-state index in [1.165, 1.54) is 0 Å². The van der Waals surface area contributed by atoms with E-state index in [4.69, 9.17) is 16.3 Å². The summed E-state index contributed by atoms with van der Waals surface area (Å²) in [5, 5.41) is 14.6. The highest BCUT2D eigenvalue weighted by Crippen LogP contribution is 2.35. The van der Waals surface area contributed by atoms with E-state index in [-0.39, 0.29) is 17.7 Å². The molecule has 0 saturated carbocycles. The minimum Gasteiger partial charge on any atom is -0.392 e. The number of nitrogens with zero attached hydrogens (tertiary/aromatic N) is 2. The Kier molecular flexibility index (Phi) is 4.36. The molecule has 25 heavy (non-hydrogen) atoms. The van der Waals surface area contributed by atoms with Gasteiger partial charge in [0.25, 0.3) is 5.56 Å². The lowest BCUT2D eigenvalue weighted by Gasteiger charge is -2.31. The molecule has 2 aliphatic heterocycles. The van der Waals surface area contributed by atoms with Crippen LogP contribution in [0.1, 0.15) is 19.3 Å². The van der Waals surface area contributed by atoms with Crippen LogP contribution in [0, 0.1) is 0 Å². The SMILES string of the molecule is Bc1cc2ncn(CC3(C[C@H]4NCCC[C@@H]4O)CO3)c(=O)c2cc1Cl. The summed E-state index contributed by atoms with van der Waals surface area (Å²) in [4.78, 5) is 17.2. The molecule has 2 saturated heterocycles. The monoisotopic (exact) mass is 361 g/mol. The number of ether oxygens (including phenoxy) is 1. The molecule has 1 unspecified atom stereocenters. The molecule has 1 aromatic carbocycles. The van der Waals surface area contributed by atoms with Gasteiger partial charge in [0.1, 0.15) is 13.4 Å². The molecule has 0 amide bonds. The van der Waals surface area contributed by atoms with Crippen LogP contribution in [0.3, 0.4) is 0 Å². The molecule has 4 rings (SSSR count). The van der Waals surface area contributed by atoms with E-state index in [9.17, 15) is 9.90 Å². The normalized spacial score (nSPS) is 29.0. The molecular formula is C17H21BClN3O3. The van der Waals surface area contributed by atoms with Crippen LogP contribution in [0.15, 0.2) is 23.3 Å². The first-order chi connectivity index (χ1) is 12.0. The van der Waals surface area contributed by atoms with E-state index in [1.54, 1.807) is 17.0 Å². The zero-order chi connectivity index (χ0) is 17.6. The second-order valence-corrected chi connectivity index (χ2v) is 7.65. The molecule has 2 fully saturated rings. The molecule has 6 nitrogen and oxygen atoms in total. The van der Waals surface area contributed by atoms with Gasteiger partial charge in [0.2, 0.25) is 0 Å². The van der Waals surface area contributed by atoms with Crippen molar-refractivity contribution >= 4 is 35.8 Å². The molecule has 8 heteroatoms. The van der Waals surface area contributed by atoms with Crippen LogP contribution in [0.5, 0.6) is 0 Å². The molecule has 3 atom stereocenters. The molecule has 0 spiro atoms. The number of nitrogens with one attached hydrogen (secondary N) is 1. The largest absolute Gasteiger partial charge is 0.392 e. The summed E-state index contributed by atoms with van der Waals surface area (Å²) >= 11 is 6.17. The van der Waals surface area contributed by atoms with Crippen molar-refractivity contribution in [2.75, 3.05) is 13.2 Å². The van der Waals surface area contributed by atoms with Crippen LogP contribution >= 0.6 is 11.6 Å². The predicted octanol–water partition coefficient (Wildman–Crippen LogP) is -0.420. The van der Waals surface area contributed by atoms with E-state index in [1.807, 2.05) is 13.9 Å². The van der Waals surface area contributed by atoms with E-state index in [0.29, 0.717) is 35.5 Å². The number of hydrogen-bond acceptors (Lipinski definition) is 5. The fourth-order valence-corrected chi connectivity index (χ4v) is 3.79. The van der Waals surface area contributed by atoms with Crippen molar-refractivity contribution < 1.29 is 9.84 Å². The van der Waals surface area contributed by atoms with Crippen LogP contribution in [0.25, 0.3) is 10.9 Å². The number of hydrogen-bond donors (Lipinski definition) is 2. The van der Waals surface area contributed by atoms with Gasteiger partial charge in [0, 0.05) is 11.1 Å². The highest BCUT2D eigenvalue weighted by molar-refractivity contribution is 6.45. The van der Waals surface area contributed by atoms with Gasteiger partial charge in [-0.3, -0.25) is 9.36 Å². The third-order valence-corrected chi connectivity index (χ3v) is 5.66. The Labute approximate surface area is 151 Å². The summed E-state index contributed by atoms with van der Waals surface area (Å²) in [6.07, 6.45) is 3.70. The lowest BCUT2D eigenvalue weighted by Crippen LogP contribution is -2.48. The molecule has 1 aromatic heterocycles. The Balaban J connectivity index is 1.59. The van der Waals surface area contributed by atoms with Gasteiger partial charge >= 0.3 is 0 Å². The Hall–Kier alpha value is -1.41. The van der Waals surface area contributed by atoms with Gasteiger partial charge in [-0.2, -0.15) is 0 Å². The average Bonchev–Trinajstić information content (AvgIpc) is 3.34. The fraction of sp³-hybridized carbons (Fsp3) is 0.529. The number of fused-ring (bicyclic) bond motifs is 1. The number of aromatic nitrogens is 2. The second kappa shape index (κ2) is 6.39. The van der Waals surface area contributed by atoms with Gasteiger partial charge in [0.05, 0.1) is 36.5 Å². The molecule has 0 radical (unpaired) electrons. The van der Waals surface area contributed by atoms with E-state index < -0.39 is 5.60 Å². The van der Waals surface area contributed by atoms with E-state index in [0.717, 1.165) is 24.8 Å². The lowest BCUT2D eigenvalue weighted by molar-refractivity contribution is 0.0754. The summed E-state index contributed by atoms with van der Waals surface area (Å²) in [5.41, 5.74) is 1.04. The Morgan fingerprint density at radius 1 is 1.52 bits per heavy atom. The molecule has 2 aromatic rings. The van der Waals surface area contributed by atoms with Gasteiger partial charge in [-0.05, 0) is 37.9 Å². The summed E-state index contributed by atoms with van der Waals surface area (Å²) < 4.78 is 7.29. The first-order valence-corrected chi connectivity index (χ1v) is 9.06. The highest BCUT2D eigenvalue weighted by atomic mass is 35.5. The highest BCUT2D eigenvalue weighted by Gasteiger charge is 2.48. The van der Waals surface area contributed by atoms with Gasteiger partial charge in [-0.25, -0.2) is 4.98 Å². The predicted molar refractivity (Wildman–Crippen MR) is 99.5 cm³/mol. The minimum absolute atomic E-state index is 0.0115. The Bertz CT molecular complexity index is 868. The molecule has 0 aliphatic carbocycles. The van der Waals surface area contributed by atoms with Crippen LogP contribution in [0.4, 0.5) is 0 Å². The van der Waals surface area contributed by atoms with Crippen molar-refractivity contribution in [2.45, 2.75) is 43.6 Å². The van der Waals surface area contributed by atoms with Crippen LogP contribution in [-0.2, 0) is 11.3 Å². The average molecular weight is 362 g/mol. The standard InChI is InChI=1S/C17H21BClN3O3/c18-11-5-13-10(4-12(11)19)16(24)22(9-21-13)7-17(8-25-17)6-14-15(23)2-1-3-20-14/h4-5,9,14-15,20,23H,1-3,6-8,18H2/t14-,15+,17?/m1/s1. The summed E-state index contributed by atoms with van der Waals surface area (Å²) in [5.74, 6) is 0. The smallest absolute Gasteiger partial charge is 0.261 e. The zero-order valence-electron chi connectivity index (χ0n) is 14.2. The number of piperidine rings is 1. The van der Waals surface area contributed by atoms with Crippen LogP contribution < -0.4 is 16.3 Å². The number of halogens is 1. The molecule has 0 bridgehead atoms. The van der Waals surface area contributed by atoms with E-state index >= 15 is 0 Å². The first-order valence-electron chi connectivity index (χ1n) is 8.68. The maximum atomic E-state index is 12.8. The number of benzene rings is 1. The molecular weight excluding hydrogens is 340 g/mol. The zero-order valence-corrected chi connectivity index (χ0v) is 14.9. The second-order valence-electron chi connectivity index (χ2n) is 7.24. The fourth-order valence-electron chi connectivity index (χ4n) is 3.63. The van der Waals surface area contributed by atoms with Gasteiger partial charge < -0.3 is 15.2 Å². The minimum atomic E-state index is -0.399. The molecule has 2 aliphatic rings. The third kappa shape index (κ3) is 3.34. The van der Waals surface area contributed by atoms with Crippen molar-refractivity contribution in [3.05, 3.63) is 33.8 Å². The molecule has 2 N–H and O–H groups in total. The van der Waals surface area contributed by atoms with E-state index in [2.05, 4.69) is 10.3 Å². The quantitative estimate of drug-likeness (QED) is 0.571. The Morgan fingerprint density at radius 2 is 2.32 bits per heavy atom. The third-order valence-electron chi connectivity index (χ3n) is 5.26. The van der Waals surface area contributed by atoms with Crippen molar-refractivity contribution in [2.24, 2.45) is 0 Å². The number of epoxide rings is 1. The topological polar surface area (TPSA) is 79.7 Å². The number of aliphatic hydroxyl groups excluding tert-OH is 1. The first kappa shape index (κ1) is 17.0. The Morgan fingerprint density at radius 3 is 3.04 bits per heavy atom. The molecule has 132 valence electrons. The summed E-state index contributed by atoms with van der Waals surface area (Å²) in [7, 11) is 1.89. The van der Waals surface area contributed by atoms with Crippen molar-refractivity contribution in [1.82, 2.24) is 14.9 Å².